The Kier molecular flexibility index (Phi) is 5.00. The van der Waals surface area contributed by atoms with E-state index in [-0.39, 0.29) is 4.90 Å². The third kappa shape index (κ3) is 3.94. The molecule has 2 aromatic carbocycles. The van der Waals surface area contributed by atoms with Crippen molar-refractivity contribution in [3.05, 3.63) is 62.7 Å². The minimum absolute atomic E-state index is 0.113. The smallest absolute Gasteiger partial charge is 0.200 e. The molecule has 0 unspecified atom stereocenters. The molecule has 0 spiro atoms. The Hall–Kier alpha value is -1.12. The summed E-state index contributed by atoms with van der Waals surface area (Å²) in [6.45, 7) is 0. The number of rotatable bonds is 4. The molecule has 104 valence electrons. The second-order valence-electron chi connectivity index (χ2n) is 3.83. The van der Waals surface area contributed by atoms with Crippen molar-refractivity contribution in [3.8, 4) is 0 Å². The Morgan fingerprint density at radius 3 is 2.40 bits per heavy atom. The number of nitrogens with zero attached hydrogens (tertiary/aromatic N) is 1. The third-order valence-electron chi connectivity index (χ3n) is 2.41. The van der Waals surface area contributed by atoms with Crippen LogP contribution in [0.5, 0.6) is 0 Å². The molecule has 0 aromatic heterocycles. The van der Waals surface area contributed by atoms with Crippen LogP contribution in [-0.4, -0.2) is 14.6 Å². The zero-order chi connectivity index (χ0) is 14.6. The van der Waals surface area contributed by atoms with E-state index in [9.17, 15) is 8.42 Å². The van der Waals surface area contributed by atoms with E-state index in [1.165, 1.54) is 30.5 Å². The Labute approximate surface area is 136 Å². The highest BCUT2D eigenvalue weighted by Crippen LogP contribution is 2.14. The minimum atomic E-state index is -3.67. The first-order chi connectivity index (χ1) is 9.49. The summed E-state index contributed by atoms with van der Waals surface area (Å²) < 4.78 is 24.9. The SMILES string of the molecule is O=S(=O)(N/N=C/c1ccccc1I)c1ccc(Cl)cc1. The van der Waals surface area contributed by atoms with Gasteiger partial charge in [0.05, 0.1) is 11.1 Å². The maximum absolute atomic E-state index is 11.9. The summed E-state index contributed by atoms with van der Waals surface area (Å²) in [6, 6.07) is 13.4. The number of sulfonamides is 1. The average molecular weight is 421 g/mol. The van der Waals surface area contributed by atoms with E-state index in [1.807, 2.05) is 24.3 Å². The zero-order valence-corrected chi connectivity index (χ0v) is 13.9. The molecule has 0 radical (unpaired) electrons. The Balaban J connectivity index is 2.14. The van der Waals surface area contributed by atoms with E-state index in [0.29, 0.717) is 5.02 Å². The Bertz CT molecular complexity index is 730. The van der Waals surface area contributed by atoms with E-state index in [2.05, 4.69) is 32.5 Å². The molecule has 20 heavy (non-hydrogen) atoms. The summed E-state index contributed by atoms with van der Waals surface area (Å²) in [7, 11) is -3.67. The lowest BCUT2D eigenvalue weighted by atomic mass is 10.2. The molecule has 2 rings (SSSR count). The van der Waals surface area contributed by atoms with Crippen LogP contribution in [0.3, 0.4) is 0 Å². The molecular formula is C13H10ClIN2O2S. The van der Waals surface area contributed by atoms with E-state index in [4.69, 9.17) is 11.6 Å². The molecule has 7 heteroatoms. The van der Waals surface area contributed by atoms with Gasteiger partial charge in [-0.1, -0.05) is 29.8 Å². The fourth-order valence-corrected chi connectivity index (χ4v) is 2.86. The van der Waals surface area contributed by atoms with Crippen molar-refractivity contribution in [1.29, 1.82) is 0 Å². The Morgan fingerprint density at radius 2 is 1.75 bits per heavy atom. The van der Waals surface area contributed by atoms with E-state index in [0.717, 1.165) is 9.13 Å². The van der Waals surface area contributed by atoms with Crippen molar-refractivity contribution < 1.29 is 8.42 Å². The van der Waals surface area contributed by atoms with Gasteiger partial charge in [-0.3, -0.25) is 0 Å². The highest BCUT2D eigenvalue weighted by atomic mass is 127. The lowest BCUT2D eigenvalue weighted by Gasteiger charge is -2.03. The number of halogens is 2. The molecule has 0 bridgehead atoms. The van der Waals surface area contributed by atoms with Crippen LogP contribution in [0.15, 0.2) is 58.5 Å². The van der Waals surface area contributed by atoms with Gasteiger partial charge in [-0.15, -0.1) is 0 Å². The molecule has 4 nitrogen and oxygen atoms in total. The monoisotopic (exact) mass is 420 g/mol. The molecule has 0 aliphatic carbocycles. The fraction of sp³-hybridized carbons (Fsp3) is 0. The van der Waals surface area contributed by atoms with Gasteiger partial charge in [0.15, 0.2) is 0 Å². The average Bonchev–Trinajstić information content (AvgIpc) is 2.41. The van der Waals surface area contributed by atoms with Crippen molar-refractivity contribution in [2.45, 2.75) is 4.90 Å². The van der Waals surface area contributed by atoms with Crippen LogP contribution in [0.1, 0.15) is 5.56 Å². The number of hydrogen-bond donors (Lipinski definition) is 1. The lowest BCUT2D eigenvalue weighted by molar-refractivity contribution is 0.584. The predicted molar refractivity (Wildman–Crippen MR) is 88.5 cm³/mol. The van der Waals surface area contributed by atoms with Gasteiger partial charge in [0.25, 0.3) is 10.0 Å². The standard InChI is InChI=1S/C13H10ClIN2O2S/c14-11-5-7-12(8-6-11)20(18,19)17-16-9-10-3-1-2-4-13(10)15/h1-9,17H/b16-9+. The van der Waals surface area contributed by atoms with Gasteiger partial charge >= 0.3 is 0 Å². The molecule has 0 fully saturated rings. The Morgan fingerprint density at radius 1 is 1.10 bits per heavy atom. The topological polar surface area (TPSA) is 58.5 Å². The van der Waals surface area contributed by atoms with Gasteiger partial charge in [-0.25, -0.2) is 4.83 Å². The molecule has 0 aliphatic rings. The zero-order valence-electron chi connectivity index (χ0n) is 10.1. The van der Waals surface area contributed by atoms with Gasteiger partial charge in [-0.2, -0.15) is 13.5 Å². The van der Waals surface area contributed by atoms with Crippen LogP contribution in [0.2, 0.25) is 5.02 Å². The first-order valence-corrected chi connectivity index (χ1v) is 8.48. The number of hydrazone groups is 1. The van der Waals surface area contributed by atoms with Crippen molar-refractivity contribution in [2.24, 2.45) is 5.10 Å². The summed E-state index contributed by atoms with van der Waals surface area (Å²) in [5.41, 5.74) is 0.840. The predicted octanol–water partition coefficient (Wildman–Crippen LogP) is 3.26. The number of benzene rings is 2. The third-order valence-corrected chi connectivity index (χ3v) is 4.88. The van der Waals surface area contributed by atoms with Crippen molar-refractivity contribution in [1.82, 2.24) is 4.83 Å². The van der Waals surface area contributed by atoms with Gasteiger partial charge < -0.3 is 0 Å². The summed E-state index contributed by atoms with van der Waals surface area (Å²) in [5, 5.41) is 4.25. The number of nitrogens with one attached hydrogen (secondary N) is 1. The van der Waals surface area contributed by atoms with Gasteiger partial charge in [0.1, 0.15) is 0 Å². The van der Waals surface area contributed by atoms with Crippen LogP contribution >= 0.6 is 34.2 Å². The van der Waals surface area contributed by atoms with Crippen LogP contribution in [0.25, 0.3) is 0 Å². The summed E-state index contributed by atoms with van der Waals surface area (Å²) in [6.07, 6.45) is 1.47. The van der Waals surface area contributed by atoms with E-state index >= 15 is 0 Å². The normalized spacial score (nSPS) is 11.7. The fourth-order valence-electron chi connectivity index (χ4n) is 1.41. The van der Waals surface area contributed by atoms with Crippen LogP contribution in [-0.2, 0) is 10.0 Å². The maximum atomic E-state index is 11.9. The largest absolute Gasteiger partial charge is 0.276 e. The van der Waals surface area contributed by atoms with Gasteiger partial charge in [0, 0.05) is 14.2 Å². The quantitative estimate of drug-likeness (QED) is 0.469. The summed E-state index contributed by atoms with van der Waals surface area (Å²) in [4.78, 5) is 2.28. The first-order valence-electron chi connectivity index (χ1n) is 5.54. The van der Waals surface area contributed by atoms with Crippen LogP contribution in [0, 0.1) is 3.57 Å². The molecule has 0 aliphatic heterocycles. The van der Waals surface area contributed by atoms with Crippen molar-refractivity contribution in [2.75, 3.05) is 0 Å². The number of hydrogen-bond acceptors (Lipinski definition) is 3. The highest BCUT2D eigenvalue weighted by molar-refractivity contribution is 14.1. The minimum Gasteiger partial charge on any atom is -0.200 e. The van der Waals surface area contributed by atoms with E-state index in [1.54, 1.807) is 0 Å². The lowest BCUT2D eigenvalue weighted by Crippen LogP contribution is -2.18. The maximum Gasteiger partial charge on any atom is 0.276 e. The second kappa shape index (κ2) is 6.55. The molecule has 0 atom stereocenters. The summed E-state index contributed by atoms with van der Waals surface area (Å²) in [5.74, 6) is 0. The molecule has 1 N–H and O–H groups in total. The highest BCUT2D eigenvalue weighted by Gasteiger charge is 2.11. The van der Waals surface area contributed by atoms with E-state index < -0.39 is 10.0 Å². The molecule has 0 saturated heterocycles. The first kappa shape index (κ1) is 15.3. The molecule has 0 amide bonds. The molecular weight excluding hydrogens is 411 g/mol. The van der Waals surface area contributed by atoms with Crippen molar-refractivity contribution >= 4 is 50.4 Å². The van der Waals surface area contributed by atoms with Crippen LogP contribution < -0.4 is 4.83 Å². The molecule has 2 aromatic rings. The molecule has 0 saturated carbocycles. The summed E-state index contributed by atoms with van der Waals surface area (Å²) >= 11 is 7.87. The van der Waals surface area contributed by atoms with Crippen molar-refractivity contribution in [3.63, 3.8) is 0 Å². The van der Waals surface area contributed by atoms with Gasteiger partial charge in [-0.05, 0) is 52.9 Å². The van der Waals surface area contributed by atoms with Crippen LogP contribution in [0.4, 0.5) is 0 Å². The second-order valence-corrected chi connectivity index (χ2v) is 7.09. The van der Waals surface area contributed by atoms with Gasteiger partial charge in [0.2, 0.25) is 0 Å². The molecule has 0 heterocycles.